The molecular weight excluding hydrogens is 411 g/mol. The van der Waals surface area contributed by atoms with Crippen molar-refractivity contribution in [3.05, 3.63) is 52.2 Å². The highest BCUT2D eigenvalue weighted by Gasteiger charge is 2.31. The maximum absolute atomic E-state index is 13.9. The first kappa shape index (κ1) is 21.8. The number of nitrogens with one attached hydrogen (secondary N) is 1. The molecule has 1 amide bonds. The van der Waals surface area contributed by atoms with Crippen molar-refractivity contribution < 1.29 is 9.18 Å². The highest BCUT2D eigenvalue weighted by atomic mass is 32.1. The first-order valence-corrected chi connectivity index (χ1v) is 11.9. The number of carbonyl (C=O) groups excluding carboxylic acids is 1. The molecule has 1 aliphatic heterocycles. The number of amides is 1. The Bertz CT molecular complexity index is 1050. The molecule has 1 atom stereocenters. The van der Waals surface area contributed by atoms with Crippen molar-refractivity contribution in [3.8, 4) is 0 Å². The molecule has 0 spiro atoms. The Morgan fingerprint density at radius 3 is 2.68 bits per heavy atom. The second kappa shape index (κ2) is 8.61. The van der Waals surface area contributed by atoms with Gasteiger partial charge in [-0.25, -0.2) is 9.37 Å². The molecule has 3 aromatic heterocycles. The Hall–Kier alpha value is -2.41. The summed E-state index contributed by atoms with van der Waals surface area (Å²) in [5, 5.41) is 5.59. The number of halogens is 1. The number of thiophene rings is 1. The fourth-order valence-electron chi connectivity index (χ4n) is 4.30. The maximum atomic E-state index is 13.9. The third kappa shape index (κ3) is 4.92. The summed E-state index contributed by atoms with van der Waals surface area (Å²) in [5.74, 6) is 1.04. The van der Waals surface area contributed by atoms with E-state index in [2.05, 4.69) is 37.5 Å². The van der Waals surface area contributed by atoms with E-state index in [4.69, 9.17) is 4.98 Å². The zero-order chi connectivity index (χ0) is 22.2. The van der Waals surface area contributed by atoms with Crippen LogP contribution in [0.1, 0.15) is 57.0 Å². The van der Waals surface area contributed by atoms with Crippen molar-refractivity contribution >= 4 is 28.7 Å². The number of piperidine rings is 1. The lowest BCUT2D eigenvalue weighted by molar-refractivity contribution is -0.136. The summed E-state index contributed by atoms with van der Waals surface area (Å²) in [6, 6.07) is 7.30. The van der Waals surface area contributed by atoms with Crippen LogP contribution in [0.2, 0.25) is 0 Å². The van der Waals surface area contributed by atoms with Crippen molar-refractivity contribution in [2.24, 2.45) is 5.92 Å². The molecule has 1 aliphatic rings. The quantitative estimate of drug-likeness (QED) is 0.581. The molecule has 166 valence electrons. The number of carbonyl (C=O) groups is 1. The lowest BCUT2D eigenvalue weighted by atomic mass is 9.92. The number of fused-ring (bicyclic) bond motifs is 1. The molecule has 1 saturated heterocycles. The van der Waals surface area contributed by atoms with E-state index in [1.54, 1.807) is 17.4 Å². The van der Waals surface area contributed by atoms with Crippen LogP contribution in [0.15, 0.2) is 35.8 Å². The molecule has 31 heavy (non-hydrogen) atoms. The van der Waals surface area contributed by atoms with Crippen LogP contribution < -0.4 is 5.32 Å². The second-order valence-electron chi connectivity index (χ2n) is 9.58. The average molecular weight is 443 g/mol. The summed E-state index contributed by atoms with van der Waals surface area (Å²) >= 11 is 1.71. The standard InChI is InChI=1S/C24H31FN4OS/c1-16(14-19-6-5-13-31-19)23(30)28-11-9-17(10-12-28)21-22(27-24(2,3)4)29-15-18(25)7-8-20(29)26-21/h5-8,13,15-17,27H,9-12,14H2,1-4H3. The van der Waals surface area contributed by atoms with Gasteiger partial charge in [-0.15, -0.1) is 11.3 Å². The molecule has 0 bridgehead atoms. The largest absolute Gasteiger partial charge is 0.365 e. The third-order valence-corrected chi connectivity index (χ3v) is 6.70. The number of anilines is 1. The van der Waals surface area contributed by atoms with E-state index < -0.39 is 0 Å². The van der Waals surface area contributed by atoms with Crippen LogP contribution in [0, 0.1) is 11.7 Å². The lowest BCUT2D eigenvalue weighted by Crippen LogP contribution is -2.41. The molecule has 0 aromatic carbocycles. The zero-order valence-corrected chi connectivity index (χ0v) is 19.5. The molecule has 5 nitrogen and oxygen atoms in total. The first-order valence-electron chi connectivity index (χ1n) is 11.0. The SMILES string of the molecule is CC(Cc1cccs1)C(=O)N1CCC(c2nc3ccc(F)cn3c2NC(C)(C)C)CC1. The van der Waals surface area contributed by atoms with Gasteiger partial charge < -0.3 is 10.2 Å². The summed E-state index contributed by atoms with van der Waals surface area (Å²) in [5.41, 5.74) is 1.54. The number of nitrogens with zero attached hydrogens (tertiary/aromatic N) is 3. The Labute approximate surface area is 187 Å². The van der Waals surface area contributed by atoms with Gasteiger partial charge in [0, 0.05) is 41.5 Å². The van der Waals surface area contributed by atoms with Crippen LogP contribution in [0.5, 0.6) is 0 Å². The molecule has 1 fully saturated rings. The second-order valence-corrected chi connectivity index (χ2v) is 10.6. The Morgan fingerprint density at radius 2 is 2.03 bits per heavy atom. The van der Waals surface area contributed by atoms with Gasteiger partial charge in [0.2, 0.25) is 5.91 Å². The number of pyridine rings is 1. The zero-order valence-electron chi connectivity index (χ0n) is 18.7. The minimum Gasteiger partial charge on any atom is -0.365 e. The number of likely N-dealkylation sites (tertiary alicyclic amines) is 1. The normalized spacial score (nSPS) is 16.6. The predicted molar refractivity (Wildman–Crippen MR) is 124 cm³/mol. The molecule has 0 radical (unpaired) electrons. The van der Waals surface area contributed by atoms with Crippen LogP contribution in [0.4, 0.5) is 10.2 Å². The smallest absolute Gasteiger partial charge is 0.225 e. The predicted octanol–water partition coefficient (Wildman–Crippen LogP) is 5.33. The van der Waals surface area contributed by atoms with Gasteiger partial charge >= 0.3 is 0 Å². The van der Waals surface area contributed by atoms with Crippen molar-refractivity contribution in [1.29, 1.82) is 0 Å². The minimum absolute atomic E-state index is 0.00788. The number of imidazole rings is 1. The summed E-state index contributed by atoms with van der Waals surface area (Å²) in [6.07, 6.45) is 4.02. The molecule has 1 N–H and O–H groups in total. The van der Waals surface area contributed by atoms with E-state index in [1.807, 2.05) is 22.3 Å². The summed E-state index contributed by atoms with van der Waals surface area (Å²) in [7, 11) is 0. The molecule has 1 unspecified atom stereocenters. The number of hydrogen-bond donors (Lipinski definition) is 1. The van der Waals surface area contributed by atoms with Crippen molar-refractivity contribution in [1.82, 2.24) is 14.3 Å². The summed E-state index contributed by atoms with van der Waals surface area (Å²) in [6.45, 7) is 9.75. The molecular formula is C24H31FN4OS. The molecule has 4 rings (SSSR count). The molecule has 0 aliphatic carbocycles. The first-order chi connectivity index (χ1) is 14.7. The van der Waals surface area contributed by atoms with Gasteiger partial charge in [0.15, 0.2) is 0 Å². The summed E-state index contributed by atoms with van der Waals surface area (Å²) in [4.78, 5) is 21.1. The number of aromatic nitrogens is 2. The van der Waals surface area contributed by atoms with Crippen LogP contribution in [-0.2, 0) is 11.2 Å². The lowest BCUT2D eigenvalue weighted by Gasteiger charge is -2.34. The van der Waals surface area contributed by atoms with Crippen LogP contribution in [0.25, 0.3) is 5.65 Å². The highest BCUT2D eigenvalue weighted by molar-refractivity contribution is 7.09. The molecule has 7 heteroatoms. The average Bonchev–Trinajstić information content (AvgIpc) is 3.35. The van der Waals surface area contributed by atoms with Crippen LogP contribution in [0.3, 0.4) is 0 Å². The fourth-order valence-corrected chi connectivity index (χ4v) is 5.14. The number of rotatable bonds is 5. The maximum Gasteiger partial charge on any atom is 0.225 e. The van der Waals surface area contributed by atoms with Gasteiger partial charge in [-0.05, 0) is 63.6 Å². The monoisotopic (exact) mass is 442 g/mol. The number of hydrogen-bond acceptors (Lipinski definition) is 4. The van der Waals surface area contributed by atoms with Gasteiger partial charge in [-0.1, -0.05) is 13.0 Å². The van der Waals surface area contributed by atoms with Gasteiger partial charge in [-0.2, -0.15) is 0 Å². The third-order valence-electron chi connectivity index (χ3n) is 5.81. The van der Waals surface area contributed by atoms with Crippen molar-refractivity contribution in [2.45, 2.75) is 58.4 Å². The van der Waals surface area contributed by atoms with Crippen molar-refractivity contribution in [3.63, 3.8) is 0 Å². The molecule has 3 aromatic rings. The topological polar surface area (TPSA) is 49.6 Å². The van der Waals surface area contributed by atoms with E-state index in [0.717, 1.165) is 49.5 Å². The van der Waals surface area contributed by atoms with E-state index in [9.17, 15) is 9.18 Å². The Balaban J connectivity index is 1.49. The van der Waals surface area contributed by atoms with E-state index in [0.29, 0.717) is 0 Å². The van der Waals surface area contributed by atoms with Crippen LogP contribution in [-0.4, -0.2) is 38.8 Å². The van der Waals surface area contributed by atoms with Gasteiger partial charge in [0.25, 0.3) is 0 Å². The van der Waals surface area contributed by atoms with Crippen molar-refractivity contribution in [2.75, 3.05) is 18.4 Å². The van der Waals surface area contributed by atoms with Gasteiger partial charge in [-0.3, -0.25) is 9.20 Å². The molecule has 4 heterocycles. The highest BCUT2D eigenvalue weighted by Crippen LogP contribution is 2.35. The van der Waals surface area contributed by atoms with E-state index in [-0.39, 0.29) is 29.1 Å². The van der Waals surface area contributed by atoms with E-state index >= 15 is 0 Å². The van der Waals surface area contributed by atoms with Gasteiger partial charge in [0.1, 0.15) is 17.3 Å². The fraction of sp³-hybridized carbons (Fsp3) is 0.500. The van der Waals surface area contributed by atoms with Crippen LogP contribution >= 0.6 is 11.3 Å². The van der Waals surface area contributed by atoms with E-state index in [1.165, 1.54) is 17.1 Å². The Kier molecular flexibility index (Phi) is 6.06. The minimum atomic E-state index is -0.284. The van der Waals surface area contributed by atoms with Gasteiger partial charge in [0.05, 0.1) is 5.69 Å². The molecule has 0 saturated carbocycles. The summed E-state index contributed by atoms with van der Waals surface area (Å²) < 4.78 is 15.7. The Morgan fingerprint density at radius 1 is 1.29 bits per heavy atom.